The molecule has 0 spiro atoms. The summed E-state index contributed by atoms with van der Waals surface area (Å²) in [6.45, 7) is 6.14. The zero-order valence-electron chi connectivity index (χ0n) is 10.2. The molecule has 0 aromatic carbocycles. The Bertz CT molecular complexity index is 328. The molecular formula is C11H20N4O. The second-order valence-corrected chi connectivity index (χ2v) is 4.65. The summed E-state index contributed by atoms with van der Waals surface area (Å²) in [6, 6.07) is 1.29. The summed E-state index contributed by atoms with van der Waals surface area (Å²) in [5.74, 6) is 1.44. The van der Waals surface area contributed by atoms with Gasteiger partial charge in [0.05, 0.1) is 0 Å². The van der Waals surface area contributed by atoms with Gasteiger partial charge in [-0.1, -0.05) is 5.16 Å². The number of likely N-dealkylation sites (N-methyl/N-ethyl adjacent to an activating group) is 1. The van der Waals surface area contributed by atoms with Gasteiger partial charge in [0.15, 0.2) is 5.82 Å². The van der Waals surface area contributed by atoms with E-state index in [0.29, 0.717) is 18.0 Å². The first-order valence-corrected chi connectivity index (χ1v) is 5.88. The molecule has 0 radical (unpaired) electrons. The van der Waals surface area contributed by atoms with Gasteiger partial charge in [-0.25, -0.2) is 0 Å². The molecule has 1 N–H and O–H groups in total. The average Bonchev–Trinajstić information content (AvgIpc) is 2.75. The Morgan fingerprint density at radius 1 is 1.56 bits per heavy atom. The normalized spacial score (nSPS) is 26.4. The molecule has 2 rings (SSSR count). The van der Waals surface area contributed by atoms with E-state index < -0.39 is 0 Å². The van der Waals surface area contributed by atoms with E-state index in [2.05, 4.69) is 34.3 Å². The summed E-state index contributed by atoms with van der Waals surface area (Å²) in [5, 5.41) is 7.41. The van der Waals surface area contributed by atoms with E-state index in [9.17, 15) is 0 Å². The van der Waals surface area contributed by atoms with Crippen LogP contribution in [0.2, 0.25) is 0 Å². The highest BCUT2D eigenvalue weighted by Crippen LogP contribution is 2.14. The van der Waals surface area contributed by atoms with Gasteiger partial charge in [0.2, 0.25) is 5.89 Å². The molecule has 1 aliphatic rings. The molecule has 1 aromatic rings. The summed E-state index contributed by atoms with van der Waals surface area (Å²) in [5.41, 5.74) is 0. The lowest BCUT2D eigenvalue weighted by molar-refractivity contribution is 0.326. The number of aryl methyl sites for hydroxylation is 1. The van der Waals surface area contributed by atoms with E-state index >= 15 is 0 Å². The summed E-state index contributed by atoms with van der Waals surface area (Å²) >= 11 is 0. The van der Waals surface area contributed by atoms with Gasteiger partial charge >= 0.3 is 0 Å². The third-order valence-corrected chi connectivity index (χ3v) is 3.24. The van der Waals surface area contributed by atoms with Gasteiger partial charge in [0.1, 0.15) is 0 Å². The Kier molecular flexibility index (Phi) is 3.56. The Morgan fingerprint density at radius 3 is 2.94 bits per heavy atom. The van der Waals surface area contributed by atoms with Crippen molar-refractivity contribution in [1.29, 1.82) is 0 Å². The quantitative estimate of drug-likeness (QED) is 0.812. The summed E-state index contributed by atoms with van der Waals surface area (Å²) < 4.78 is 4.92. The molecular weight excluding hydrogens is 204 g/mol. The fourth-order valence-electron chi connectivity index (χ4n) is 2.17. The summed E-state index contributed by atoms with van der Waals surface area (Å²) in [6.07, 6.45) is 2.06. The predicted molar refractivity (Wildman–Crippen MR) is 61.2 cm³/mol. The highest BCUT2D eigenvalue weighted by Gasteiger charge is 2.25. The Balaban J connectivity index is 1.69. The molecule has 0 amide bonds. The molecule has 5 heteroatoms. The lowest BCUT2D eigenvalue weighted by Crippen LogP contribution is -2.33. The molecule has 1 fully saturated rings. The van der Waals surface area contributed by atoms with Crippen LogP contribution in [0.4, 0.5) is 0 Å². The lowest BCUT2D eigenvalue weighted by Gasteiger charge is -2.12. The van der Waals surface area contributed by atoms with Crippen LogP contribution in [-0.2, 0) is 6.42 Å². The fraction of sp³-hybridized carbons (Fsp3) is 0.818. The van der Waals surface area contributed by atoms with Crippen molar-refractivity contribution in [2.75, 3.05) is 20.1 Å². The third kappa shape index (κ3) is 2.80. The zero-order valence-corrected chi connectivity index (χ0v) is 10.2. The van der Waals surface area contributed by atoms with Crippen molar-refractivity contribution in [2.24, 2.45) is 0 Å². The van der Waals surface area contributed by atoms with Gasteiger partial charge in [-0.3, -0.25) is 0 Å². The van der Waals surface area contributed by atoms with E-state index in [1.165, 1.54) is 6.42 Å². The van der Waals surface area contributed by atoms with Gasteiger partial charge in [0.25, 0.3) is 0 Å². The van der Waals surface area contributed by atoms with Crippen LogP contribution in [0.5, 0.6) is 0 Å². The van der Waals surface area contributed by atoms with Crippen LogP contribution in [0.25, 0.3) is 0 Å². The topological polar surface area (TPSA) is 54.2 Å². The summed E-state index contributed by atoms with van der Waals surface area (Å²) in [7, 11) is 2.18. The van der Waals surface area contributed by atoms with Crippen molar-refractivity contribution in [2.45, 2.75) is 38.8 Å². The van der Waals surface area contributed by atoms with Crippen molar-refractivity contribution in [3.05, 3.63) is 11.7 Å². The van der Waals surface area contributed by atoms with Crippen LogP contribution in [0, 0.1) is 6.92 Å². The van der Waals surface area contributed by atoms with Crippen LogP contribution in [-0.4, -0.2) is 47.3 Å². The van der Waals surface area contributed by atoms with Crippen molar-refractivity contribution >= 4 is 0 Å². The average molecular weight is 224 g/mol. The molecule has 1 aliphatic heterocycles. The molecule has 1 aromatic heterocycles. The van der Waals surface area contributed by atoms with Gasteiger partial charge < -0.3 is 14.7 Å². The van der Waals surface area contributed by atoms with E-state index in [1.54, 1.807) is 0 Å². The predicted octanol–water partition coefficient (Wildman–Crippen LogP) is 0.603. The number of nitrogens with one attached hydrogen (secondary N) is 1. The third-order valence-electron chi connectivity index (χ3n) is 3.24. The molecule has 2 atom stereocenters. The lowest BCUT2D eigenvalue weighted by atomic mass is 10.2. The molecule has 2 unspecified atom stereocenters. The zero-order chi connectivity index (χ0) is 11.5. The van der Waals surface area contributed by atoms with Crippen molar-refractivity contribution in [3.8, 4) is 0 Å². The van der Waals surface area contributed by atoms with E-state index in [4.69, 9.17) is 4.52 Å². The number of rotatable bonds is 4. The molecule has 90 valence electrons. The van der Waals surface area contributed by atoms with Crippen molar-refractivity contribution in [1.82, 2.24) is 20.4 Å². The first kappa shape index (κ1) is 11.5. The first-order valence-electron chi connectivity index (χ1n) is 5.88. The maximum atomic E-state index is 4.92. The molecule has 0 aliphatic carbocycles. The van der Waals surface area contributed by atoms with Crippen LogP contribution >= 0.6 is 0 Å². The fourth-order valence-corrected chi connectivity index (χ4v) is 2.17. The SMILES string of the molecule is Cc1nc(CCNC2CC(C)N(C)C2)no1. The molecule has 5 nitrogen and oxygen atoms in total. The highest BCUT2D eigenvalue weighted by molar-refractivity contribution is 4.88. The first-order chi connectivity index (χ1) is 7.65. The number of hydrogen-bond donors (Lipinski definition) is 1. The molecule has 1 saturated heterocycles. The van der Waals surface area contributed by atoms with Gasteiger partial charge in [-0.15, -0.1) is 0 Å². The second kappa shape index (κ2) is 4.93. The maximum absolute atomic E-state index is 4.92. The molecule has 2 heterocycles. The van der Waals surface area contributed by atoms with Gasteiger partial charge in [-0.05, 0) is 20.4 Å². The molecule has 0 bridgehead atoms. The van der Waals surface area contributed by atoms with Gasteiger partial charge in [-0.2, -0.15) is 4.98 Å². The van der Waals surface area contributed by atoms with E-state index in [0.717, 1.165) is 25.3 Å². The summed E-state index contributed by atoms with van der Waals surface area (Å²) in [4.78, 5) is 6.56. The van der Waals surface area contributed by atoms with Crippen LogP contribution in [0.3, 0.4) is 0 Å². The van der Waals surface area contributed by atoms with Crippen molar-refractivity contribution < 1.29 is 4.52 Å². The number of likely N-dealkylation sites (tertiary alicyclic amines) is 1. The minimum absolute atomic E-state index is 0.605. The minimum Gasteiger partial charge on any atom is -0.340 e. The second-order valence-electron chi connectivity index (χ2n) is 4.65. The highest BCUT2D eigenvalue weighted by atomic mass is 16.5. The standard InChI is InChI=1S/C11H20N4O/c1-8-6-10(7-15(8)3)12-5-4-11-13-9(2)16-14-11/h8,10,12H,4-7H2,1-3H3. The van der Waals surface area contributed by atoms with Crippen LogP contribution in [0.1, 0.15) is 25.1 Å². The number of aromatic nitrogens is 2. The van der Waals surface area contributed by atoms with E-state index in [1.807, 2.05) is 6.92 Å². The Labute approximate surface area is 96.2 Å². The molecule has 16 heavy (non-hydrogen) atoms. The molecule has 0 saturated carbocycles. The Morgan fingerprint density at radius 2 is 2.38 bits per heavy atom. The van der Waals surface area contributed by atoms with Crippen molar-refractivity contribution in [3.63, 3.8) is 0 Å². The minimum atomic E-state index is 0.605. The van der Waals surface area contributed by atoms with E-state index in [-0.39, 0.29) is 0 Å². The number of hydrogen-bond acceptors (Lipinski definition) is 5. The van der Waals surface area contributed by atoms with Crippen LogP contribution < -0.4 is 5.32 Å². The maximum Gasteiger partial charge on any atom is 0.223 e. The smallest absolute Gasteiger partial charge is 0.223 e. The largest absolute Gasteiger partial charge is 0.340 e. The van der Waals surface area contributed by atoms with Gasteiger partial charge in [0, 0.05) is 38.5 Å². The monoisotopic (exact) mass is 224 g/mol. The van der Waals surface area contributed by atoms with Crippen LogP contribution in [0.15, 0.2) is 4.52 Å². The Hall–Kier alpha value is -0.940. The number of nitrogens with zero attached hydrogens (tertiary/aromatic N) is 3.